The van der Waals surface area contributed by atoms with Crippen molar-refractivity contribution in [1.29, 1.82) is 0 Å². The average molecular weight is 229 g/mol. The number of carbonyl (C=O) groups excluding carboxylic acids is 2. The summed E-state index contributed by atoms with van der Waals surface area (Å²) in [4.78, 5) is 21.9. The highest BCUT2D eigenvalue weighted by molar-refractivity contribution is 5.68. The second-order valence-electron chi connectivity index (χ2n) is 4.93. The quantitative estimate of drug-likeness (QED) is 0.724. The van der Waals surface area contributed by atoms with Crippen LogP contribution in [0.4, 0.5) is 4.79 Å². The maximum Gasteiger partial charge on any atom is 0.407 e. The summed E-state index contributed by atoms with van der Waals surface area (Å²) in [6, 6.07) is -0.0638. The van der Waals surface area contributed by atoms with Gasteiger partial charge in [-0.05, 0) is 33.6 Å². The molecule has 0 bridgehead atoms. The molecule has 1 amide bonds. The predicted octanol–water partition coefficient (Wildman–Crippen LogP) is 1.26. The summed E-state index contributed by atoms with van der Waals surface area (Å²) in [5, 5.41) is 2.72. The fourth-order valence-electron chi connectivity index (χ4n) is 1.47. The summed E-state index contributed by atoms with van der Waals surface area (Å²) in [5.74, 6) is 0. The van der Waals surface area contributed by atoms with E-state index in [2.05, 4.69) is 5.32 Å². The first kappa shape index (κ1) is 13.0. The Kier molecular flexibility index (Phi) is 4.29. The molecule has 1 N–H and O–H groups in total. The molecule has 0 aromatic rings. The van der Waals surface area contributed by atoms with Gasteiger partial charge in [0.15, 0.2) is 0 Å². The van der Waals surface area contributed by atoms with Crippen molar-refractivity contribution >= 4 is 12.4 Å². The van der Waals surface area contributed by atoms with Crippen molar-refractivity contribution in [3.63, 3.8) is 0 Å². The Labute approximate surface area is 95.5 Å². The van der Waals surface area contributed by atoms with E-state index in [1.54, 1.807) is 0 Å². The van der Waals surface area contributed by atoms with E-state index in [-0.39, 0.29) is 12.1 Å². The van der Waals surface area contributed by atoms with E-state index < -0.39 is 11.7 Å². The molecule has 0 spiro atoms. The number of alkyl carbamates (subject to hydrolysis) is 1. The minimum absolute atomic E-state index is 0.0638. The van der Waals surface area contributed by atoms with Crippen LogP contribution in [0.15, 0.2) is 0 Å². The minimum atomic E-state index is -0.495. The summed E-state index contributed by atoms with van der Waals surface area (Å²) in [6.45, 7) is 5.80. The Morgan fingerprint density at radius 1 is 1.44 bits per heavy atom. The van der Waals surface area contributed by atoms with Gasteiger partial charge in [0.1, 0.15) is 18.0 Å². The highest BCUT2D eigenvalue weighted by Crippen LogP contribution is 2.13. The maximum absolute atomic E-state index is 11.4. The molecule has 1 aliphatic heterocycles. The van der Waals surface area contributed by atoms with Crippen LogP contribution < -0.4 is 5.32 Å². The minimum Gasteiger partial charge on any atom is -0.444 e. The Hall–Kier alpha value is -1.10. The highest BCUT2D eigenvalue weighted by Gasteiger charge is 2.24. The smallest absolute Gasteiger partial charge is 0.407 e. The van der Waals surface area contributed by atoms with Gasteiger partial charge in [0.25, 0.3) is 0 Å². The Morgan fingerprint density at radius 3 is 2.56 bits per heavy atom. The van der Waals surface area contributed by atoms with Crippen molar-refractivity contribution in [2.45, 2.75) is 51.4 Å². The van der Waals surface area contributed by atoms with E-state index in [9.17, 15) is 9.59 Å². The number of carbonyl (C=O) groups is 2. The van der Waals surface area contributed by atoms with Gasteiger partial charge in [-0.2, -0.15) is 0 Å². The monoisotopic (exact) mass is 229 g/mol. The Morgan fingerprint density at radius 2 is 2.12 bits per heavy atom. The van der Waals surface area contributed by atoms with E-state index in [1.807, 2.05) is 20.8 Å². The lowest BCUT2D eigenvalue weighted by atomic mass is 10.1. The van der Waals surface area contributed by atoms with Crippen molar-refractivity contribution in [3.8, 4) is 0 Å². The third-order valence-electron chi connectivity index (χ3n) is 2.18. The van der Waals surface area contributed by atoms with Crippen molar-refractivity contribution < 1.29 is 19.1 Å². The number of hydrogen-bond acceptors (Lipinski definition) is 4. The number of ether oxygens (including phenoxy) is 2. The summed E-state index contributed by atoms with van der Waals surface area (Å²) < 4.78 is 10.4. The molecule has 16 heavy (non-hydrogen) atoms. The van der Waals surface area contributed by atoms with Crippen molar-refractivity contribution in [2.24, 2.45) is 0 Å². The fourth-order valence-corrected chi connectivity index (χ4v) is 1.47. The molecule has 5 nitrogen and oxygen atoms in total. The number of rotatable bonds is 2. The molecule has 5 heteroatoms. The van der Waals surface area contributed by atoms with Crippen molar-refractivity contribution in [1.82, 2.24) is 5.32 Å². The number of amides is 1. The molecular formula is C11H19NO4. The van der Waals surface area contributed by atoms with Gasteiger partial charge in [-0.15, -0.1) is 0 Å². The largest absolute Gasteiger partial charge is 0.444 e. The first-order valence-electron chi connectivity index (χ1n) is 5.47. The van der Waals surface area contributed by atoms with E-state index in [4.69, 9.17) is 9.47 Å². The van der Waals surface area contributed by atoms with Crippen LogP contribution in [-0.2, 0) is 14.3 Å². The van der Waals surface area contributed by atoms with Crippen LogP contribution in [0, 0.1) is 0 Å². The predicted molar refractivity (Wildman–Crippen MR) is 58.2 cm³/mol. The van der Waals surface area contributed by atoms with Crippen molar-refractivity contribution in [3.05, 3.63) is 0 Å². The van der Waals surface area contributed by atoms with Crippen LogP contribution in [-0.4, -0.2) is 36.7 Å². The molecule has 1 fully saturated rings. The van der Waals surface area contributed by atoms with Crippen LogP contribution in [0.2, 0.25) is 0 Å². The van der Waals surface area contributed by atoms with Gasteiger partial charge < -0.3 is 19.6 Å². The molecule has 1 rings (SSSR count). The van der Waals surface area contributed by atoms with Gasteiger partial charge in [0, 0.05) is 0 Å². The molecule has 0 aromatic heterocycles. The fraction of sp³-hybridized carbons (Fsp3) is 0.818. The number of hydrogen-bond donors (Lipinski definition) is 1. The van der Waals surface area contributed by atoms with E-state index in [1.165, 1.54) is 0 Å². The molecule has 0 aliphatic carbocycles. The van der Waals surface area contributed by atoms with Crippen LogP contribution >= 0.6 is 0 Å². The molecule has 92 valence electrons. The molecule has 0 aromatic carbocycles. The average Bonchev–Trinajstić information content (AvgIpc) is 2.16. The Balaban J connectivity index is 2.28. The number of aldehydes is 1. The third-order valence-corrected chi connectivity index (χ3v) is 2.18. The zero-order valence-electron chi connectivity index (χ0n) is 9.99. The van der Waals surface area contributed by atoms with Crippen molar-refractivity contribution in [2.75, 3.05) is 6.61 Å². The van der Waals surface area contributed by atoms with Gasteiger partial charge in [-0.1, -0.05) is 0 Å². The molecule has 1 aliphatic rings. The van der Waals surface area contributed by atoms with Gasteiger partial charge in [-0.25, -0.2) is 4.79 Å². The van der Waals surface area contributed by atoms with Crippen LogP contribution in [0.5, 0.6) is 0 Å². The van der Waals surface area contributed by atoms with E-state index in [0.29, 0.717) is 13.0 Å². The lowest BCUT2D eigenvalue weighted by molar-refractivity contribution is -0.121. The van der Waals surface area contributed by atoms with Crippen LogP contribution in [0.1, 0.15) is 33.6 Å². The number of nitrogens with one attached hydrogen (secondary N) is 1. The van der Waals surface area contributed by atoms with Crippen LogP contribution in [0.25, 0.3) is 0 Å². The van der Waals surface area contributed by atoms with Gasteiger partial charge >= 0.3 is 6.09 Å². The molecule has 1 saturated heterocycles. The van der Waals surface area contributed by atoms with Crippen LogP contribution in [0.3, 0.4) is 0 Å². The highest BCUT2D eigenvalue weighted by atomic mass is 16.6. The Bertz CT molecular complexity index is 251. The van der Waals surface area contributed by atoms with E-state index >= 15 is 0 Å². The summed E-state index contributed by atoms with van der Waals surface area (Å²) in [5.41, 5.74) is -0.495. The SMILES string of the molecule is CC(C)(C)OC(=O)NC1CCC(C=O)OC1. The molecule has 0 radical (unpaired) electrons. The molecule has 1 heterocycles. The second kappa shape index (κ2) is 5.30. The summed E-state index contributed by atoms with van der Waals surface area (Å²) >= 11 is 0. The first-order valence-corrected chi connectivity index (χ1v) is 5.47. The zero-order valence-corrected chi connectivity index (χ0v) is 9.99. The standard InChI is InChI=1S/C11H19NO4/c1-11(2,3)16-10(14)12-8-4-5-9(6-13)15-7-8/h6,8-9H,4-5,7H2,1-3H3,(H,12,14). The second-order valence-corrected chi connectivity index (χ2v) is 4.93. The summed E-state index contributed by atoms with van der Waals surface area (Å²) in [7, 11) is 0. The lowest BCUT2D eigenvalue weighted by Gasteiger charge is -2.28. The van der Waals surface area contributed by atoms with Gasteiger partial charge in [0.2, 0.25) is 0 Å². The molecule has 0 saturated carbocycles. The van der Waals surface area contributed by atoms with E-state index in [0.717, 1.165) is 12.7 Å². The zero-order chi connectivity index (χ0) is 12.2. The molecule has 2 atom stereocenters. The third kappa shape index (κ3) is 4.61. The normalized spacial score (nSPS) is 25.9. The molecular weight excluding hydrogens is 210 g/mol. The maximum atomic E-state index is 11.4. The van der Waals surface area contributed by atoms with Gasteiger partial charge in [-0.3, -0.25) is 0 Å². The lowest BCUT2D eigenvalue weighted by Crippen LogP contribution is -2.45. The van der Waals surface area contributed by atoms with Gasteiger partial charge in [0.05, 0.1) is 12.6 Å². The molecule has 2 unspecified atom stereocenters. The topological polar surface area (TPSA) is 64.6 Å². The first-order chi connectivity index (χ1) is 7.40. The summed E-state index contributed by atoms with van der Waals surface area (Å²) in [6.07, 6.45) is 1.42.